The van der Waals surface area contributed by atoms with E-state index in [4.69, 9.17) is 22.1 Å². The van der Waals surface area contributed by atoms with Gasteiger partial charge in [0.25, 0.3) is 5.91 Å². The first kappa shape index (κ1) is 16.7. The first-order valence-corrected chi connectivity index (χ1v) is 7.17. The largest absolute Gasteiger partial charge is 0.449 e. The number of carbonyl (C=O) groups is 3. The van der Waals surface area contributed by atoms with Crippen LogP contribution in [0.25, 0.3) is 0 Å². The van der Waals surface area contributed by atoms with Crippen molar-refractivity contribution in [1.29, 1.82) is 0 Å². The molecule has 0 aromatic heterocycles. The van der Waals surface area contributed by atoms with E-state index in [9.17, 15) is 14.4 Å². The second-order valence-corrected chi connectivity index (χ2v) is 5.27. The van der Waals surface area contributed by atoms with Gasteiger partial charge in [-0.25, -0.2) is 4.79 Å². The highest BCUT2D eigenvalue weighted by Crippen LogP contribution is 2.18. The van der Waals surface area contributed by atoms with E-state index in [-0.39, 0.29) is 16.9 Å². The van der Waals surface area contributed by atoms with Crippen LogP contribution in [0.15, 0.2) is 48.5 Å². The summed E-state index contributed by atoms with van der Waals surface area (Å²) < 4.78 is 4.96. The zero-order valence-corrected chi connectivity index (χ0v) is 13.0. The van der Waals surface area contributed by atoms with Crippen LogP contribution in [0.2, 0.25) is 5.02 Å². The average molecular weight is 332 g/mol. The number of benzene rings is 2. The normalized spacial score (nSPS) is 11.6. The Labute approximate surface area is 138 Å². The zero-order chi connectivity index (χ0) is 17.0. The molecule has 1 atom stereocenters. The fourth-order valence-electron chi connectivity index (χ4n) is 1.90. The predicted molar refractivity (Wildman–Crippen MR) is 85.4 cm³/mol. The monoisotopic (exact) mass is 331 g/mol. The van der Waals surface area contributed by atoms with Gasteiger partial charge in [0.2, 0.25) is 0 Å². The number of nitrogens with two attached hydrogens (primary N) is 1. The molecule has 0 unspecified atom stereocenters. The summed E-state index contributed by atoms with van der Waals surface area (Å²) in [4.78, 5) is 35.7. The van der Waals surface area contributed by atoms with Gasteiger partial charge in [0.05, 0.1) is 5.56 Å². The molecule has 2 N–H and O–H groups in total. The third kappa shape index (κ3) is 3.96. The van der Waals surface area contributed by atoms with Gasteiger partial charge in [-0.05, 0) is 37.3 Å². The van der Waals surface area contributed by atoms with Crippen molar-refractivity contribution in [1.82, 2.24) is 0 Å². The highest BCUT2D eigenvalue weighted by Gasteiger charge is 2.22. The lowest BCUT2D eigenvalue weighted by Gasteiger charge is -2.12. The number of hydrogen-bond acceptors (Lipinski definition) is 4. The summed E-state index contributed by atoms with van der Waals surface area (Å²) in [6.07, 6.45) is -1.08. The second-order valence-electron chi connectivity index (χ2n) is 4.83. The van der Waals surface area contributed by atoms with Gasteiger partial charge >= 0.3 is 5.97 Å². The smallest absolute Gasteiger partial charge is 0.339 e. The number of ketones is 1. The summed E-state index contributed by atoms with van der Waals surface area (Å²) in [6, 6.07) is 12.5. The van der Waals surface area contributed by atoms with Gasteiger partial charge in [0.1, 0.15) is 0 Å². The number of rotatable bonds is 5. The molecule has 5 nitrogen and oxygen atoms in total. The Bertz CT molecular complexity index is 755. The van der Waals surface area contributed by atoms with Crippen LogP contribution in [0.5, 0.6) is 0 Å². The molecule has 2 aromatic rings. The van der Waals surface area contributed by atoms with Crippen molar-refractivity contribution in [2.45, 2.75) is 13.0 Å². The summed E-state index contributed by atoms with van der Waals surface area (Å²) in [5, 5.41) is 0.504. The van der Waals surface area contributed by atoms with Gasteiger partial charge in [0, 0.05) is 16.1 Å². The Morgan fingerprint density at radius 2 is 1.57 bits per heavy atom. The van der Waals surface area contributed by atoms with E-state index in [2.05, 4.69) is 0 Å². The van der Waals surface area contributed by atoms with Crippen LogP contribution >= 0.6 is 11.6 Å². The lowest BCUT2D eigenvalue weighted by atomic mass is 9.98. The molecule has 0 aliphatic rings. The molecule has 0 heterocycles. The average Bonchev–Trinajstić information content (AvgIpc) is 2.54. The summed E-state index contributed by atoms with van der Waals surface area (Å²) in [7, 11) is 0. The maximum atomic E-state index is 12.6. The quantitative estimate of drug-likeness (QED) is 0.674. The molecule has 0 fully saturated rings. The van der Waals surface area contributed by atoms with E-state index < -0.39 is 18.0 Å². The number of carbonyl (C=O) groups excluding carboxylic acids is 3. The summed E-state index contributed by atoms with van der Waals surface area (Å²) in [5.74, 6) is -1.89. The van der Waals surface area contributed by atoms with E-state index >= 15 is 0 Å². The van der Waals surface area contributed by atoms with Crippen molar-refractivity contribution in [3.63, 3.8) is 0 Å². The van der Waals surface area contributed by atoms with Crippen LogP contribution in [0.3, 0.4) is 0 Å². The molecule has 6 heteroatoms. The van der Waals surface area contributed by atoms with Crippen molar-refractivity contribution in [2.24, 2.45) is 5.73 Å². The molecule has 1 amide bonds. The third-order valence-corrected chi connectivity index (χ3v) is 3.43. The van der Waals surface area contributed by atoms with E-state index in [0.717, 1.165) is 0 Å². The lowest BCUT2D eigenvalue weighted by molar-refractivity contribution is -0.125. The van der Waals surface area contributed by atoms with Crippen molar-refractivity contribution in [2.75, 3.05) is 0 Å². The molecule has 0 saturated carbocycles. The van der Waals surface area contributed by atoms with Crippen LogP contribution in [0.4, 0.5) is 0 Å². The van der Waals surface area contributed by atoms with Gasteiger partial charge in [-0.3, -0.25) is 9.59 Å². The van der Waals surface area contributed by atoms with Crippen LogP contribution < -0.4 is 5.73 Å². The molecule has 0 spiro atoms. The van der Waals surface area contributed by atoms with E-state index in [0.29, 0.717) is 10.6 Å². The van der Waals surface area contributed by atoms with Gasteiger partial charge < -0.3 is 10.5 Å². The first-order chi connectivity index (χ1) is 10.9. The van der Waals surface area contributed by atoms with E-state index in [1.165, 1.54) is 19.1 Å². The highest BCUT2D eigenvalue weighted by atomic mass is 35.5. The molecule has 2 aromatic carbocycles. The number of esters is 1. The van der Waals surface area contributed by atoms with Crippen molar-refractivity contribution >= 4 is 29.3 Å². The molecule has 118 valence electrons. The minimum Gasteiger partial charge on any atom is -0.449 e. The maximum absolute atomic E-state index is 12.6. The van der Waals surface area contributed by atoms with Crippen LogP contribution in [-0.4, -0.2) is 23.8 Å². The topological polar surface area (TPSA) is 86.5 Å². The van der Waals surface area contributed by atoms with Crippen molar-refractivity contribution < 1.29 is 19.1 Å². The van der Waals surface area contributed by atoms with Gasteiger partial charge in [-0.15, -0.1) is 0 Å². The molecule has 0 aliphatic carbocycles. The Hall–Kier alpha value is -2.66. The van der Waals surface area contributed by atoms with Gasteiger partial charge in [-0.1, -0.05) is 29.8 Å². The van der Waals surface area contributed by atoms with Crippen LogP contribution in [0, 0.1) is 0 Å². The Morgan fingerprint density at radius 3 is 2.13 bits per heavy atom. The van der Waals surface area contributed by atoms with E-state index in [1.807, 2.05) is 0 Å². The number of ether oxygens (including phenoxy) is 1. The van der Waals surface area contributed by atoms with Crippen molar-refractivity contribution in [3.05, 3.63) is 70.2 Å². The molecule has 0 radical (unpaired) electrons. The fourth-order valence-corrected chi connectivity index (χ4v) is 2.02. The van der Waals surface area contributed by atoms with Crippen LogP contribution in [-0.2, 0) is 9.53 Å². The number of amides is 1. The molecule has 23 heavy (non-hydrogen) atoms. The minimum atomic E-state index is -1.08. The van der Waals surface area contributed by atoms with Crippen molar-refractivity contribution in [3.8, 4) is 0 Å². The summed E-state index contributed by atoms with van der Waals surface area (Å²) in [5.41, 5.74) is 5.70. The predicted octanol–water partition coefficient (Wildman–Crippen LogP) is 2.60. The fraction of sp³-hybridized carbons (Fsp3) is 0.118. The van der Waals surface area contributed by atoms with Gasteiger partial charge in [-0.2, -0.15) is 0 Å². The number of primary amides is 1. The maximum Gasteiger partial charge on any atom is 0.339 e. The molecule has 2 rings (SSSR count). The number of hydrogen-bond donors (Lipinski definition) is 1. The molecular weight excluding hydrogens is 318 g/mol. The zero-order valence-electron chi connectivity index (χ0n) is 12.3. The highest BCUT2D eigenvalue weighted by molar-refractivity contribution is 6.30. The summed E-state index contributed by atoms with van der Waals surface area (Å²) in [6.45, 7) is 1.36. The SMILES string of the molecule is C[C@@H](OC(=O)c1ccccc1C(=O)c1ccc(Cl)cc1)C(N)=O. The standard InChI is InChI=1S/C17H14ClNO4/c1-10(16(19)21)23-17(22)14-5-3-2-4-13(14)15(20)11-6-8-12(18)9-7-11/h2-10H,1H3,(H2,19,21)/t10-/m1/s1. The molecule has 0 aliphatic heterocycles. The second kappa shape index (κ2) is 7.07. The third-order valence-electron chi connectivity index (χ3n) is 3.18. The number of halogens is 1. The summed E-state index contributed by atoms with van der Waals surface area (Å²) >= 11 is 5.80. The van der Waals surface area contributed by atoms with E-state index in [1.54, 1.807) is 36.4 Å². The molecule has 0 saturated heterocycles. The van der Waals surface area contributed by atoms with Gasteiger partial charge in [0.15, 0.2) is 11.9 Å². The molecule has 0 bridgehead atoms. The Kier molecular flexibility index (Phi) is 5.13. The molecular formula is C17H14ClNO4. The van der Waals surface area contributed by atoms with Crippen LogP contribution in [0.1, 0.15) is 33.2 Å². The minimum absolute atomic E-state index is 0.0700. The first-order valence-electron chi connectivity index (χ1n) is 6.79. The Balaban J connectivity index is 2.33. The Morgan fingerprint density at radius 1 is 1.00 bits per heavy atom. The lowest BCUT2D eigenvalue weighted by Crippen LogP contribution is -2.30.